The second kappa shape index (κ2) is 28.8. The zero-order chi connectivity index (χ0) is 51.0. The number of guanidine groups is 2. The highest BCUT2D eigenvalue weighted by Gasteiger charge is 2.33. The summed E-state index contributed by atoms with van der Waals surface area (Å²) >= 11 is 0. The highest BCUT2D eigenvalue weighted by Crippen LogP contribution is 2.23. The molecule has 69 heavy (non-hydrogen) atoms. The molecule has 376 valence electrons. The molecule has 0 radical (unpaired) electrons. The number of Topliss-reactive ketones (excluding diaryl/α,β-unsaturated/α-hetero) is 2. The smallest absolute Gasteiger partial charge is 0.243 e. The van der Waals surface area contributed by atoms with Gasteiger partial charge in [-0.25, -0.2) is 0 Å². The molecule has 1 heterocycles. The number of rotatable bonds is 31. The predicted molar refractivity (Wildman–Crippen MR) is 264 cm³/mol. The maximum absolute atomic E-state index is 14.5. The molecular formula is C48H71N13O8. The normalized spacial score (nSPS) is 14.0. The number of aromatic amines is 1. The number of ketones is 2. The number of fused-ring (bicyclic) bond motifs is 1. The second-order valence-corrected chi connectivity index (χ2v) is 17.3. The van der Waals surface area contributed by atoms with E-state index in [-0.39, 0.29) is 76.4 Å². The lowest BCUT2D eigenvalue weighted by atomic mass is 9.89. The number of nitrogens with zero attached hydrogens (tertiary/aromatic N) is 2. The van der Waals surface area contributed by atoms with Crippen LogP contribution in [-0.4, -0.2) is 107 Å². The van der Waals surface area contributed by atoms with Crippen molar-refractivity contribution < 1.29 is 38.4 Å². The number of nitrogens with two attached hydrogens (primary N) is 5. The Morgan fingerprint density at radius 2 is 1.13 bits per heavy atom. The molecule has 1 aromatic heterocycles. The number of carbonyl (C=O) groups excluding carboxylic acids is 8. The van der Waals surface area contributed by atoms with Crippen LogP contribution in [-0.2, 0) is 51.2 Å². The average Bonchev–Trinajstić information content (AvgIpc) is 3.71. The van der Waals surface area contributed by atoms with Gasteiger partial charge < -0.3 is 60.2 Å². The third kappa shape index (κ3) is 19.8. The Kier molecular flexibility index (Phi) is 23.3. The van der Waals surface area contributed by atoms with Gasteiger partial charge in [-0.1, -0.05) is 68.3 Å². The number of H-pyrrole nitrogens is 1. The number of amides is 6. The molecule has 0 aliphatic heterocycles. The molecular weight excluding hydrogens is 887 g/mol. The summed E-state index contributed by atoms with van der Waals surface area (Å²) in [6.07, 6.45) is 3.75. The first-order valence-electron chi connectivity index (χ1n) is 23.3. The molecule has 2 aromatic carbocycles. The van der Waals surface area contributed by atoms with E-state index in [1.54, 1.807) is 36.5 Å². The van der Waals surface area contributed by atoms with Crippen LogP contribution in [0, 0.1) is 11.8 Å². The van der Waals surface area contributed by atoms with E-state index < -0.39 is 89.1 Å². The molecule has 0 spiro atoms. The number of nitrogens with one attached hydrogen (secondary N) is 6. The van der Waals surface area contributed by atoms with Crippen LogP contribution in [0.4, 0.5) is 0 Å². The first-order valence-corrected chi connectivity index (χ1v) is 23.3. The van der Waals surface area contributed by atoms with Crippen molar-refractivity contribution in [2.45, 2.75) is 129 Å². The van der Waals surface area contributed by atoms with Crippen molar-refractivity contribution in [1.29, 1.82) is 0 Å². The van der Waals surface area contributed by atoms with E-state index in [1.807, 2.05) is 31.2 Å². The molecule has 0 saturated heterocycles. The first kappa shape index (κ1) is 56.0. The summed E-state index contributed by atoms with van der Waals surface area (Å²) in [4.78, 5) is 119. The lowest BCUT2D eigenvalue weighted by Gasteiger charge is -2.26. The number of aliphatic imine (C=N–C) groups is 2. The van der Waals surface area contributed by atoms with Crippen molar-refractivity contribution in [2.24, 2.45) is 50.5 Å². The van der Waals surface area contributed by atoms with Crippen molar-refractivity contribution in [1.82, 2.24) is 31.6 Å². The number of hydrogen-bond donors (Lipinski definition) is 11. The van der Waals surface area contributed by atoms with Crippen LogP contribution in [0.1, 0.15) is 96.6 Å². The summed E-state index contributed by atoms with van der Waals surface area (Å²) in [6, 6.07) is 10.8. The monoisotopic (exact) mass is 958 g/mol. The number of primary amides is 1. The van der Waals surface area contributed by atoms with Gasteiger partial charge in [-0.3, -0.25) is 48.3 Å². The third-order valence-electron chi connectivity index (χ3n) is 11.5. The number of hydrogen-bond acceptors (Lipinski definition) is 10. The summed E-state index contributed by atoms with van der Waals surface area (Å²) in [7, 11) is 0. The fourth-order valence-corrected chi connectivity index (χ4v) is 7.67. The Morgan fingerprint density at radius 1 is 0.580 bits per heavy atom. The van der Waals surface area contributed by atoms with Crippen LogP contribution in [0.25, 0.3) is 10.9 Å². The summed E-state index contributed by atoms with van der Waals surface area (Å²) in [5, 5.41) is 14.3. The van der Waals surface area contributed by atoms with Gasteiger partial charge in [0.05, 0.1) is 12.1 Å². The molecule has 0 unspecified atom stereocenters. The highest BCUT2D eigenvalue weighted by molar-refractivity contribution is 5.98. The Bertz CT molecular complexity index is 2270. The molecule has 7 atom stereocenters. The van der Waals surface area contributed by atoms with E-state index in [2.05, 4.69) is 41.6 Å². The average molecular weight is 958 g/mol. The van der Waals surface area contributed by atoms with E-state index in [1.165, 1.54) is 20.8 Å². The largest absolute Gasteiger partial charge is 0.370 e. The highest BCUT2D eigenvalue weighted by atomic mass is 16.2. The Hall–Kier alpha value is -7.32. The fourth-order valence-electron chi connectivity index (χ4n) is 7.67. The van der Waals surface area contributed by atoms with Gasteiger partial charge in [0.2, 0.25) is 35.4 Å². The zero-order valence-corrected chi connectivity index (χ0v) is 40.1. The lowest BCUT2D eigenvalue weighted by molar-refractivity contribution is -0.135. The summed E-state index contributed by atoms with van der Waals surface area (Å²) in [5.74, 6) is -6.92. The minimum absolute atomic E-state index is 0.0109. The van der Waals surface area contributed by atoms with E-state index >= 15 is 0 Å². The topological polar surface area (TPSA) is 367 Å². The van der Waals surface area contributed by atoms with Crippen molar-refractivity contribution in [3.05, 3.63) is 71.9 Å². The first-order chi connectivity index (χ1) is 32.8. The maximum Gasteiger partial charge on any atom is 0.243 e. The number of benzene rings is 2. The van der Waals surface area contributed by atoms with Gasteiger partial charge in [0.1, 0.15) is 18.1 Å². The minimum atomic E-state index is -1.24. The predicted octanol–water partition coefficient (Wildman–Crippen LogP) is 0.370. The van der Waals surface area contributed by atoms with Crippen LogP contribution in [0.3, 0.4) is 0 Å². The van der Waals surface area contributed by atoms with Crippen LogP contribution in [0.5, 0.6) is 0 Å². The summed E-state index contributed by atoms with van der Waals surface area (Å²) < 4.78 is 0. The van der Waals surface area contributed by atoms with Crippen LogP contribution < -0.4 is 55.3 Å². The van der Waals surface area contributed by atoms with Gasteiger partial charge in [0.15, 0.2) is 23.5 Å². The molecule has 16 N–H and O–H groups in total. The molecule has 0 bridgehead atoms. The standard InChI is InChI=1S/C48H71N13O8/c1-5-6-18-37(59-30(4)62)45(68)58-29(3)43(66)60-38(20-13-22-55-48(52)53)46(69)61-39(23-31-14-8-7-9-15-31)41(64)25-32(16-12-21-54-47(50)51)44(67)57-28(2)40(63)26-33(42(49)65)24-34-27-56-36-19-11-10-17-35(34)36/h7-11,14-15,17,19,27-29,32-33,37-39,56H,5-6,12-13,16,18,20-26H2,1-4H3,(H2,49,65)(H,57,67)(H,58,68)(H,59,62)(H,60,66)(H,61,69)(H4,50,51,54)(H4,52,53,55)/t28-,29-,32+,33+,37-,38-,39+/m0/s1. The SMILES string of the molecule is CCCC[C@H](NC(C)=O)C(=O)N[C@@H](C)C(=O)N[C@@H](CCCN=C(N)N)C(=O)N[C@H](Cc1ccccc1)C(=O)C[C@@H](CCCN=C(N)N)C(=O)N[C@@H](C)C(=O)C[C@@H](Cc1c[nH]c2ccccc12)C(N)=O. The Balaban J connectivity index is 1.85. The van der Waals surface area contributed by atoms with E-state index in [4.69, 9.17) is 28.7 Å². The van der Waals surface area contributed by atoms with Gasteiger partial charge >= 0.3 is 0 Å². The van der Waals surface area contributed by atoms with Crippen molar-refractivity contribution in [2.75, 3.05) is 13.1 Å². The molecule has 0 fully saturated rings. The maximum atomic E-state index is 14.5. The van der Waals surface area contributed by atoms with Gasteiger partial charge in [-0.2, -0.15) is 0 Å². The molecule has 21 heteroatoms. The van der Waals surface area contributed by atoms with Gasteiger partial charge in [0.25, 0.3) is 0 Å². The van der Waals surface area contributed by atoms with Crippen LogP contribution >= 0.6 is 0 Å². The Morgan fingerprint density at radius 3 is 1.75 bits per heavy atom. The second-order valence-electron chi connectivity index (χ2n) is 17.3. The summed E-state index contributed by atoms with van der Waals surface area (Å²) in [6.45, 7) is 6.40. The van der Waals surface area contributed by atoms with Crippen LogP contribution in [0.15, 0.2) is 70.8 Å². The molecule has 3 rings (SSSR count). The summed E-state index contributed by atoms with van der Waals surface area (Å²) in [5.41, 5.74) is 30.2. The third-order valence-corrected chi connectivity index (χ3v) is 11.5. The number of aromatic nitrogens is 1. The molecule has 6 amide bonds. The van der Waals surface area contributed by atoms with Gasteiger partial charge in [0, 0.05) is 61.8 Å². The number of para-hydroxylation sites is 1. The molecule has 0 aliphatic rings. The zero-order valence-electron chi connectivity index (χ0n) is 40.1. The molecule has 21 nitrogen and oxygen atoms in total. The Labute approximate surface area is 402 Å². The van der Waals surface area contributed by atoms with Crippen molar-refractivity contribution >= 4 is 69.8 Å². The number of carbonyl (C=O) groups is 8. The van der Waals surface area contributed by atoms with Gasteiger partial charge in [-0.05, 0) is 76.0 Å². The fraction of sp³-hybridized carbons (Fsp3) is 0.500. The van der Waals surface area contributed by atoms with Gasteiger partial charge in [-0.15, -0.1) is 0 Å². The quantitative estimate of drug-likeness (QED) is 0.0237. The van der Waals surface area contributed by atoms with Crippen LogP contribution in [0.2, 0.25) is 0 Å². The van der Waals surface area contributed by atoms with E-state index in [9.17, 15) is 38.4 Å². The lowest BCUT2D eigenvalue weighted by Crippen LogP contribution is -2.57. The van der Waals surface area contributed by atoms with Crippen molar-refractivity contribution in [3.8, 4) is 0 Å². The van der Waals surface area contributed by atoms with Crippen molar-refractivity contribution in [3.63, 3.8) is 0 Å². The minimum Gasteiger partial charge on any atom is -0.370 e. The molecule has 0 aliphatic carbocycles. The molecule has 0 saturated carbocycles. The van der Waals surface area contributed by atoms with E-state index in [0.717, 1.165) is 22.9 Å². The van der Waals surface area contributed by atoms with E-state index in [0.29, 0.717) is 18.4 Å². The number of unbranched alkanes of at least 4 members (excludes halogenated alkanes) is 1. The molecule has 3 aromatic rings.